The summed E-state index contributed by atoms with van der Waals surface area (Å²) in [5, 5.41) is 0. The van der Waals surface area contributed by atoms with Crippen LogP contribution in [0.5, 0.6) is 0 Å². The monoisotopic (exact) mass is 250 g/mol. The van der Waals surface area contributed by atoms with E-state index in [2.05, 4.69) is 4.98 Å². The molecule has 0 unspecified atom stereocenters. The average molecular weight is 250 g/mol. The van der Waals surface area contributed by atoms with E-state index in [4.69, 9.17) is 5.73 Å². The summed E-state index contributed by atoms with van der Waals surface area (Å²) < 4.78 is 1.92. The third-order valence-electron chi connectivity index (χ3n) is 3.82. The van der Waals surface area contributed by atoms with Gasteiger partial charge in [0.05, 0.1) is 12.1 Å². The van der Waals surface area contributed by atoms with Crippen molar-refractivity contribution >= 4 is 5.91 Å². The zero-order valence-corrected chi connectivity index (χ0v) is 11.2. The Balaban J connectivity index is 2.02. The molecule has 0 radical (unpaired) electrons. The lowest BCUT2D eigenvalue weighted by Gasteiger charge is -2.35. The molecular formula is C13H22N4O. The van der Waals surface area contributed by atoms with E-state index in [9.17, 15) is 4.79 Å². The fourth-order valence-corrected chi connectivity index (χ4v) is 2.61. The van der Waals surface area contributed by atoms with Gasteiger partial charge in [-0.3, -0.25) is 4.79 Å². The van der Waals surface area contributed by atoms with Crippen molar-refractivity contribution in [2.45, 2.75) is 44.2 Å². The van der Waals surface area contributed by atoms with E-state index in [1.165, 1.54) is 6.42 Å². The summed E-state index contributed by atoms with van der Waals surface area (Å²) in [7, 11) is 3.74. The van der Waals surface area contributed by atoms with E-state index in [1.807, 2.05) is 17.8 Å². The van der Waals surface area contributed by atoms with E-state index in [1.54, 1.807) is 18.1 Å². The maximum atomic E-state index is 12.4. The molecular weight excluding hydrogens is 228 g/mol. The van der Waals surface area contributed by atoms with Gasteiger partial charge in [0.1, 0.15) is 5.82 Å². The zero-order valence-electron chi connectivity index (χ0n) is 11.2. The van der Waals surface area contributed by atoms with Gasteiger partial charge in [0.15, 0.2) is 0 Å². The second kappa shape index (κ2) is 5.10. The Morgan fingerprint density at radius 1 is 1.50 bits per heavy atom. The van der Waals surface area contributed by atoms with Gasteiger partial charge in [-0.05, 0) is 12.8 Å². The van der Waals surface area contributed by atoms with Gasteiger partial charge < -0.3 is 15.2 Å². The summed E-state index contributed by atoms with van der Waals surface area (Å²) in [6.45, 7) is 0.515. The Labute approximate surface area is 108 Å². The van der Waals surface area contributed by atoms with Crippen LogP contribution in [0, 0.1) is 0 Å². The number of carbonyl (C=O) groups excluding carboxylic acids is 1. The van der Waals surface area contributed by atoms with Gasteiger partial charge in [0, 0.05) is 26.5 Å². The van der Waals surface area contributed by atoms with Crippen molar-refractivity contribution in [1.29, 1.82) is 0 Å². The van der Waals surface area contributed by atoms with Crippen molar-refractivity contribution in [3.63, 3.8) is 0 Å². The number of aryl methyl sites for hydroxylation is 1. The number of nitrogens with two attached hydrogens (primary N) is 1. The molecule has 1 aromatic rings. The molecule has 2 N–H and O–H groups in total. The first-order valence-corrected chi connectivity index (χ1v) is 6.53. The summed E-state index contributed by atoms with van der Waals surface area (Å²) in [5.41, 5.74) is 5.60. The molecule has 1 aromatic heterocycles. The fourth-order valence-electron chi connectivity index (χ4n) is 2.61. The second-order valence-electron chi connectivity index (χ2n) is 5.33. The minimum absolute atomic E-state index is 0.0465. The standard InChI is InChI=1S/C13H22N4O/c1-16-9-8-15-11(16)10-17(2)12(18)13(14)6-4-3-5-7-13/h8-9H,3-7,10,14H2,1-2H3. The van der Waals surface area contributed by atoms with Crippen LogP contribution in [-0.2, 0) is 18.4 Å². The number of rotatable bonds is 3. The summed E-state index contributed by atoms with van der Waals surface area (Å²) in [4.78, 5) is 18.4. The maximum absolute atomic E-state index is 12.4. The topological polar surface area (TPSA) is 64.2 Å². The molecule has 2 rings (SSSR count). The van der Waals surface area contributed by atoms with E-state index in [0.717, 1.165) is 31.5 Å². The Hall–Kier alpha value is -1.36. The smallest absolute Gasteiger partial charge is 0.242 e. The molecule has 18 heavy (non-hydrogen) atoms. The number of hydrogen-bond donors (Lipinski definition) is 1. The van der Waals surface area contributed by atoms with Crippen LogP contribution < -0.4 is 5.73 Å². The molecule has 5 nitrogen and oxygen atoms in total. The zero-order chi connectivity index (χ0) is 13.2. The Bertz CT molecular complexity index is 420. The van der Waals surface area contributed by atoms with Crippen LogP contribution in [-0.4, -0.2) is 32.9 Å². The highest BCUT2D eigenvalue weighted by molar-refractivity contribution is 5.86. The third kappa shape index (κ3) is 2.56. The van der Waals surface area contributed by atoms with Crippen molar-refractivity contribution in [3.8, 4) is 0 Å². The molecule has 1 heterocycles. The second-order valence-corrected chi connectivity index (χ2v) is 5.33. The number of aromatic nitrogens is 2. The molecule has 1 aliphatic carbocycles. The van der Waals surface area contributed by atoms with Gasteiger partial charge >= 0.3 is 0 Å². The lowest BCUT2D eigenvalue weighted by molar-refractivity contribution is -0.137. The number of likely N-dealkylation sites (N-methyl/N-ethyl adjacent to an activating group) is 1. The van der Waals surface area contributed by atoms with Gasteiger partial charge in [-0.15, -0.1) is 0 Å². The van der Waals surface area contributed by atoms with Crippen LogP contribution in [0.15, 0.2) is 12.4 Å². The number of amides is 1. The molecule has 1 aliphatic rings. The summed E-state index contributed by atoms with van der Waals surface area (Å²) in [5.74, 6) is 0.926. The molecule has 0 saturated heterocycles. The SMILES string of the molecule is CN(Cc1nccn1C)C(=O)C1(N)CCCCC1. The number of nitrogens with zero attached hydrogens (tertiary/aromatic N) is 3. The Morgan fingerprint density at radius 2 is 2.17 bits per heavy atom. The van der Waals surface area contributed by atoms with Crippen LogP contribution in [0.25, 0.3) is 0 Å². The Morgan fingerprint density at radius 3 is 2.72 bits per heavy atom. The minimum atomic E-state index is -0.655. The molecule has 1 saturated carbocycles. The molecule has 100 valence electrons. The fraction of sp³-hybridized carbons (Fsp3) is 0.692. The van der Waals surface area contributed by atoms with Crippen LogP contribution in [0.3, 0.4) is 0 Å². The molecule has 0 atom stereocenters. The highest BCUT2D eigenvalue weighted by atomic mass is 16.2. The van der Waals surface area contributed by atoms with Gasteiger partial charge in [0.25, 0.3) is 0 Å². The van der Waals surface area contributed by atoms with Gasteiger partial charge in [-0.1, -0.05) is 19.3 Å². The van der Waals surface area contributed by atoms with Crippen molar-refractivity contribution < 1.29 is 4.79 Å². The molecule has 0 spiro atoms. The van der Waals surface area contributed by atoms with Gasteiger partial charge in [0.2, 0.25) is 5.91 Å². The van der Waals surface area contributed by atoms with Crippen molar-refractivity contribution in [1.82, 2.24) is 14.5 Å². The van der Waals surface area contributed by atoms with Crippen molar-refractivity contribution in [3.05, 3.63) is 18.2 Å². The van der Waals surface area contributed by atoms with E-state index in [0.29, 0.717) is 6.54 Å². The minimum Gasteiger partial charge on any atom is -0.337 e. The van der Waals surface area contributed by atoms with Crippen LogP contribution in [0.4, 0.5) is 0 Å². The molecule has 1 amide bonds. The van der Waals surface area contributed by atoms with Crippen molar-refractivity contribution in [2.75, 3.05) is 7.05 Å². The molecule has 1 fully saturated rings. The number of imidazole rings is 1. The Kier molecular flexibility index (Phi) is 3.71. The van der Waals surface area contributed by atoms with E-state index >= 15 is 0 Å². The lowest BCUT2D eigenvalue weighted by atomic mass is 9.81. The van der Waals surface area contributed by atoms with E-state index in [-0.39, 0.29) is 5.91 Å². The first kappa shape index (κ1) is 13.1. The lowest BCUT2D eigenvalue weighted by Crippen LogP contribution is -2.55. The molecule has 5 heteroatoms. The van der Waals surface area contributed by atoms with Crippen LogP contribution >= 0.6 is 0 Å². The highest BCUT2D eigenvalue weighted by Crippen LogP contribution is 2.27. The predicted molar refractivity (Wildman–Crippen MR) is 69.7 cm³/mol. The number of carbonyl (C=O) groups is 1. The normalized spacial score (nSPS) is 18.6. The molecule has 0 aromatic carbocycles. The summed E-state index contributed by atoms with van der Waals surface area (Å²) >= 11 is 0. The quantitative estimate of drug-likeness (QED) is 0.871. The van der Waals surface area contributed by atoms with Crippen LogP contribution in [0.1, 0.15) is 37.9 Å². The largest absolute Gasteiger partial charge is 0.337 e. The van der Waals surface area contributed by atoms with Crippen molar-refractivity contribution in [2.24, 2.45) is 12.8 Å². The summed E-state index contributed by atoms with van der Waals surface area (Å²) in [6, 6.07) is 0. The van der Waals surface area contributed by atoms with Gasteiger partial charge in [-0.25, -0.2) is 4.98 Å². The van der Waals surface area contributed by atoms with Crippen LogP contribution in [0.2, 0.25) is 0 Å². The average Bonchev–Trinajstić information content (AvgIpc) is 2.75. The first-order valence-electron chi connectivity index (χ1n) is 6.53. The summed E-state index contributed by atoms with van der Waals surface area (Å²) in [6.07, 6.45) is 8.53. The maximum Gasteiger partial charge on any atom is 0.242 e. The molecule has 0 aliphatic heterocycles. The highest BCUT2D eigenvalue weighted by Gasteiger charge is 2.37. The van der Waals surface area contributed by atoms with Gasteiger partial charge in [-0.2, -0.15) is 0 Å². The van der Waals surface area contributed by atoms with E-state index < -0.39 is 5.54 Å². The predicted octanol–water partition coefficient (Wildman–Crippen LogP) is 1.04. The first-order chi connectivity index (χ1) is 8.53. The third-order valence-corrected chi connectivity index (χ3v) is 3.82. The number of hydrogen-bond acceptors (Lipinski definition) is 3. The molecule has 0 bridgehead atoms.